The number of carbonyl (C=O) groups is 2. The van der Waals surface area contributed by atoms with E-state index >= 15 is 4.39 Å². The average molecular weight is 644 g/mol. The molecule has 0 aliphatic rings. The lowest BCUT2D eigenvalue weighted by Crippen LogP contribution is -2.54. The predicted octanol–water partition coefficient (Wildman–Crippen LogP) is 6.30. The van der Waals surface area contributed by atoms with Gasteiger partial charge in [0.1, 0.15) is 18.4 Å². The van der Waals surface area contributed by atoms with Crippen LogP contribution in [0.5, 0.6) is 0 Å². The lowest BCUT2D eigenvalue weighted by Gasteiger charge is -2.34. The van der Waals surface area contributed by atoms with Crippen LogP contribution >= 0.6 is 0 Å². The van der Waals surface area contributed by atoms with E-state index in [0.29, 0.717) is 18.7 Å². The van der Waals surface area contributed by atoms with E-state index in [1.807, 2.05) is 70.2 Å². The summed E-state index contributed by atoms with van der Waals surface area (Å²) in [4.78, 5) is 29.8. The summed E-state index contributed by atoms with van der Waals surface area (Å²) in [5.41, 5.74) is 3.02. The van der Waals surface area contributed by atoms with Gasteiger partial charge < -0.3 is 10.2 Å². The number of rotatable bonds is 14. The molecule has 0 bridgehead atoms. The Hall–Kier alpha value is -4.50. The van der Waals surface area contributed by atoms with Crippen molar-refractivity contribution < 1.29 is 22.4 Å². The standard InChI is InChI=1S/C37H42FN3O4S/c1-5-30-15-10-12-18-34(30)41(46(44,45)32-21-19-28(4)20-22-32)26-36(42)40(25-31-16-9-11-17-33(31)38)35(37(43)39-24-27(2)3)23-29-13-7-6-8-14-29/h6-22,27,35H,5,23-26H2,1-4H3,(H,39,43)/t35-/m1/s1. The van der Waals surface area contributed by atoms with Crippen molar-refractivity contribution in [2.24, 2.45) is 5.92 Å². The summed E-state index contributed by atoms with van der Waals surface area (Å²) < 4.78 is 44.7. The maximum absolute atomic E-state index is 15.1. The Bertz CT molecular complexity index is 1730. The number of nitrogens with zero attached hydrogens (tertiary/aromatic N) is 2. The third-order valence-corrected chi connectivity index (χ3v) is 9.56. The molecule has 0 aliphatic carbocycles. The van der Waals surface area contributed by atoms with Crippen molar-refractivity contribution >= 4 is 27.5 Å². The average Bonchev–Trinajstić information content (AvgIpc) is 3.05. The molecule has 0 heterocycles. The zero-order chi connectivity index (χ0) is 33.3. The number of para-hydroxylation sites is 1. The molecule has 242 valence electrons. The monoisotopic (exact) mass is 643 g/mol. The third-order valence-electron chi connectivity index (χ3n) is 7.78. The summed E-state index contributed by atoms with van der Waals surface area (Å²) in [6.07, 6.45) is 0.679. The van der Waals surface area contributed by atoms with Crippen LogP contribution in [-0.4, -0.2) is 44.3 Å². The van der Waals surface area contributed by atoms with Crippen LogP contribution in [0.3, 0.4) is 0 Å². The molecule has 0 radical (unpaired) electrons. The van der Waals surface area contributed by atoms with Gasteiger partial charge in [-0.1, -0.05) is 105 Å². The topological polar surface area (TPSA) is 86.8 Å². The molecule has 0 saturated carbocycles. The molecule has 0 aliphatic heterocycles. The molecule has 0 saturated heterocycles. The number of aryl methyl sites for hydroxylation is 2. The van der Waals surface area contributed by atoms with Gasteiger partial charge in [0.2, 0.25) is 11.8 Å². The summed E-state index contributed by atoms with van der Waals surface area (Å²) in [6.45, 7) is 7.26. The molecule has 2 amide bonds. The predicted molar refractivity (Wildman–Crippen MR) is 180 cm³/mol. The molecule has 4 aromatic rings. The van der Waals surface area contributed by atoms with Crippen LogP contribution in [0.15, 0.2) is 108 Å². The van der Waals surface area contributed by atoms with E-state index in [2.05, 4.69) is 5.32 Å². The maximum Gasteiger partial charge on any atom is 0.264 e. The Balaban J connectivity index is 1.83. The highest BCUT2D eigenvalue weighted by Gasteiger charge is 2.35. The van der Waals surface area contributed by atoms with Gasteiger partial charge in [-0.3, -0.25) is 13.9 Å². The summed E-state index contributed by atoms with van der Waals surface area (Å²) in [7, 11) is -4.23. The number of sulfonamides is 1. The number of halogens is 1. The van der Waals surface area contributed by atoms with Gasteiger partial charge in [-0.2, -0.15) is 0 Å². The third kappa shape index (κ3) is 8.60. The summed E-state index contributed by atoms with van der Waals surface area (Å²) in [5, 5.41) is 2.94. The lowest BCUT2D eigenvalue weighted by atomic mass is 10.0. The van der Waals surface area contributed by atoms with Gasteiger partial charge in [-0.05, 0) is 54.7 Å². The van der Waals surface area contributed by atoms with Crippen molar-refractivity contribution in [1.29, 1.82) is 0 Å². The van der Waals surface area contributed by atoms with Crippen molar-refractivity contribution in [1.82, 2.24) is 10.2 Å². The van der Waals surface area contributed by atoms with Crippen LogP contribution in [0.1, 0.15) is 43.0 Å². The number of carbonyl (C=O) groups excluding carboxylic acids is 2. The summed E-state index contributed by atoms with van der Waals surface area (Å²) in [5.74, 6) is -1.41. The van der Waals surface area contributed by atoms with Crippen LogP contribution in [0.4, 0.5) is 10.1 Å². The minimum Gasteiger partial charge on any atom is -0.354 e. The van der Waals surface area contributed by atoms with Crippen LogP contribution in [0.25, 0.3) is 0 Å². The molecule has 0 aromatic heterocycles. The fourth-order valence-corrected chi connectivity index (χ4v) is 6.64. The van der Waals surface area contributed by atoms with Gasteiger partial charge in [0.15, 0.2) is 0 Å². The maximum atomic E-state index is 15.1. The normalized spacial score (nSPS) is 12.0. The van der Waals surface area contributed by atoms with E-state index in [1.54, 1.807) is 42.5 Å². The largest absolute Gasteiger partial charge is 0.354 e. The smallest absolute Gasteiger partial charge is 0.264 e. The zero-order valence-corrected chi connectivity index (χ0v) is 27.6. The summed E-state index contributed by atoms with van der Waals surface area (Å²) in [6, 6.07) is 27.8. The first-order valence-corrected chi connectivity index (χ1v) is 17.0. The SMILES string of the molecule is CCc1ccccc1N(CC(=O)N(Cc1ccccc1F)[C@H](Cc1ccccc1)C(=O)NCC(C)C)S(=O)(=O)c1ccc(C)cc1. The molecule has 9 heteroatoms. The first kappa shape index (κ1) is 34.4. The first-order valence-electron chi connectivity index (χ1n) is 15.5. The van der Waals surface area contributed by atoms with E-state index in [4.69, 9.17) is 0 Å². The molecule has 0 fully saturated rings. The van der Waals surface area contributed by atoms with Gasteiger partial charge in [-0.25, -0.2) is 12.8 Å². The van der Waals surface area contributed by atoms with E-state index in [1.165, 1.54) is 23.1 Å². The molecular formula is C37H42FN3O4S. The fraction of sp³-hybridized carbons (Fsp3) is 0.297. The summed E-state index contributed by atoms with van der Waals surface area (Å²) >= 11 is 0. The minimum atomic E-state index is -4.23. The Morgan fingerprint density at radius 1 is 0.826 bits per heavy atom. The highest BCUT2D eigenvalue weighted by atomic mass is 32.2. The molecule has 1 atom stereocenters. The van der Waals surface area contributed by atoms with E-state index in [9.17, 15) is 18.0 Å². The number of hydrogen-bond acceptors (Lipinski definition) is 4. The minimum absolute atomic E-state index is 0.0352. The van der Waals surface area contributed by atoms with Crippen LogP contribution in [0, 0.1) is 18.7 Å². The Labute approximate surface area is 272 Å². The van der Waals surface area contributed by atoms with Gasteiger partial charge in [-0.15, -0.1) is 0 Å². The van der Waals surface area contributed by atoms with E-state index in [0.717, 1.165) is 21.0 Å². The number of nitrogens with one attached hydrogen (secondary N) is 1. The second-order valence-electron chi connectivity index (χ2n) is 11.8. The number of benzene rings is 4. The molecule has 4 aromatic carbocycles. The number of hydrogen-bond donors (Lipinski definition) is 1. The highest BCUT2D eigenvalue weighted by molar-refractivity contribution is 7.92. The Morgan fingerprint density at radius 3 is 2.07 bits per heavy atom. The van der Waals surface area contributed by atoms with Crippen molar-refractivity contribution in [3.05, 3.63) is 131 Å². The second kappa shape index (κ2) is 15.7. The number of amides is 2. The molecule has 1 N–H and O–H groups in total. The molecule has 4 rings (SSSR count). The van der Waals surface area contributed by atoms with Crippen LogP contribution in [0.2, 0.25) is 0 Å². The van der Waals surface area contributed by atoms with Gasteiger partial charge >= 0.3 is 0 Å². The van der Waals surface area contributed by atoms with Crippen molar-refractivity contribution in [3.8, 4) is 0 Å². The second-order valence-corrected chi connectivity index (χ2v) is 13.6. The number of anilines is 1. The fourth-order valence-electron chi connectivity index (χ4n) is 5.19. The molecular weight excluding hydrogens is 601 g/mol. The van der Waals surface area contributed by atoms with Gasteiger partial charge in [0.25, 0.3) is 10.0 Å². The molecule has 7 nitrogen and oxygen atoms in total. The highest BCUT2D eigenvalue weighted by Crippen LogP contribution is 2.29. The van der Waals surface area contributed by atoms with Gasteiger partial charge in [0, 0.05) is 25.1 Å². The quantitative estimate of drug-likeness (QED) is 0.175. The lowest BCUT2D eigenvalue weighted by molar-refractivity contribution is -0.140. The zero-order valence-electron chi connectivity index (χ0n) is 26.8. The van der Waals surface area contributed by atoms with Crippen molar-refractivity contribution in [3.63, 3.8) is 0 Å². The Morgan fingerprint density at radius 2 is 1.43 bits per heavy atom. The van der Waals surface area contributed by atoms with Gasteiger partial charge in [0.05, 0.1) is 10.6 Å². The van der Waals surface area contributed by atoms with E-state index < -0.39 is 40.2 Å². The first-order chi connectivity index (χ1) is 22.0. The molecule has 0 spiro atoms. The van der Waals surface area contributed by atoms with Crippen molar-refractivity contribution in [2.45, 2.75) is 58.0 Å². The van der Waals surface area contributed by atoms with Crippen LogP contribution in [-0.2, 0) is 39.0 Å². The Kier molecular flexibility index (Phi) is 11.7. The van der Waals surface area contributed by atoms with E-state index in [-0.39, 0.29) is 29.3 Å². The molecule has 0 unspecified atom stereocenters. The van der Waals surface area contributed by atoms with Crippen LogP contribution < -0.4 is 9.62 Å². The molecule has 46 heavy (non-hydrogen) atoms. The van der Waals surface area contributed by atoms with Crippen molar-refractivity contribution in [2.75, 3.05) is 17.4 Å².